The highest BCUT2D eigenvalue weighted by Gasteiger charge is 2.13. The Bertz CT molecular complexity index is 1040. The van der Waals surface area contributed by atoms with Gasteiger partial charge in [0, 0.05) is 6.42 Å². The van der Waals surface area contributed by atoms with Crippen LogP contribution in [0.2, 0.25) is 0 Å². The summed E-state index contributed by atoms with van der Waals surface area (Å²) >= 11 is 0. The lowest BCUT2D eigenvalue weighted by molar-refractivity contribution is -0.134. The number of methoxy groups -OCH3 is 4. The zero-order chi connectivity index (χ0) is 30.4. The van der Waals surface area contributed by atoms with Gasteiger partial charge in [-0.15, -0.1) is 0 Å². The van der Waals surface area contributed by atoms with E-state index >= 15 is 0 Å². The van der Waals surface area contributed by atoms with Crippen molar-refractivity contribution in [1.82, 2.24) is 0 Å². The Kier molecular flexibility index (Phi) is 18.0. The minimum Gasteiger partial charge on any atom is -0.493 e. The van der Waals surface area contributed by atoms with Crippen molar-refractivity contribution in [2.75, 3.05) is 28.4 Å². The molecular formula is C36H54O6. The summed E-state index contributed by atoms with van der Waals surface area (Å²) in [5, 5.41) is 0. The van der Waals surface area contributed by atoms with Crippen LogP contribution in [0.4, 0.5) is 0 Å². The molecule has 6 heteroatoms. The van der Waals surface area contributed by atoms with Crippen molar-refractivity contribution < 1.29 is 28.5 Å². The second-order valence-electron chi connectivity index (χ2n) is 10.9. The molecule has 0 aromatic heterocycles. The van der Waals surface area contributed by atoms with Crippen molar-refractivity contribution in [2.24, 2.45) is 0 Å². The van der Waals surface area contributed by atoms with Crippen LogP contribution in [0.1, 0.15) is 121 Å². The summed E-state index contributed by atoms with van der Waals surface area (Å²) in [5.74, 6) is 2.44. The first-order valence-corrected chi connectivity index (χ1v) is 15.9. The Balaban J connectivity index is 1.72. The number of hydrogen-bond donors (Lipinski definition) is 0. The molecule has 0 unspecified atom stereocenters. The van der Waals surface area contributed by atoms with Crippen LogP contribution in [-0.2, 0) is 4.79 Å². The molecule has 0 aliphatic carbocycles. The van der Waals surface area contributed by atoms with Gasteiger partial charge < -0.3 is 23.7 Å². The maximum Gasteiger partial charge on any atom is 0.311 e. The lowest BCUT2D eigenvalue weighted by atomic mass is 10.0. The van der Waals surface area contributed by atoms with Gasteiger partial charge in [-0.25, -0.2) is 0 Å². The highest BCUT2D eigenvalue weighted by Crippen LogP contribution is 2.39. The highest BCUT2D eigenvalue weighted by atomic mass is 16.6. The van der Waals surface area contributed by atoms with E-state index in [4.69, 9.17) is 23.7 Å². The Morgan fingerprint density at radius 1 is 0.548 bits per heavy atom. The summed E-state index contributed by atoms with van der Waals surface area (Å²) in [7, 11) is 6.34. The molecule has 0 amide bonds. The summed E-state index contributed by atoms with van der Waals surface area (Å²) in [6.45, 7) is 2.27. The number of benzene rings is 2. The largest absolute Gasteiger partial charge is 0.493 e. The van der Waals surface area contributed by atoms with Gasteiger partial charge in [0.1, 0.15) is 0 Å². The van der Waals surface area contributed by atoms with E-state index < -0.39 is 0 Å². The molecule has 42 heavy (non-hydrogen) atoms. The van der Waals surface area contributed by atoms with Crippen molar-refractivity contribution in [3.63, 3.8) is 0 Å². The average molecular weight is 583 g/mol. The van der Waals surface area contributed by atoms with E-state index in [0.717, 1.165) is 24.0 Å². The Morgan fingerprint density at radius 2 is 1.00 bits per heavy atom. The number of carbonyl (C=O) groups excluding carboxylic acids is 1. The Labute approximate surface area is 254 Å². The summed E-state index contributed by atoms with van der Waals surface area (Å²) in [4.78, 5) is 12.6. The van der Waals surface area contributed by atoms with E-state index in [2.05, 4.69) is 6.92 Å². The molecule has 0 aliphatic rings. The highest BCUT2D eigenvalue weighted by molar-refractivity contribution is 5.76. The molecule has 234 valence electrons. The molecule has 0 heterocycles. The number of ether oxygens (including phenoxy) is 5. The van der Waals surface area contributed by atoms with Crippen molar-refractivity contribution >= 4 is 18.1 Å². The van der Waals surface area contributed by atoms with Gasteiger partial charge in [-0.1, -0.05) is 115 Å². The van der Waals surface area contributed by atoms with Crippen LogP contribution < -0.4 is 23.7 Å². The minimum atomic E-state index is -0.228. The number of hydrogen-bond acceptors (Lipinski definition) is 6. The fraction of sp³-hybridized carbons (Fsp3) is 0.583. The predicted molar refractivity (Wildman–Crippen MR) is 173 cm³/mol. The molecule has 0 N–H and O–H groups in total. The van der Waals surface area contributed by atoms with E-state index in [0.29, 0.717) is 35.2 Å². The third kappa shape index (κ3) is 13.2. The lowest BCUT2D eigenvalue weighted by Gasteiger charge is -2.13. The summed E-state index contributed by atoms with van der Waals surface area (Å²) in [6.07, 6.45) is 23.7. The number of carbonyl (C=O) groups is 1. The normalized spacial score (nSPS) is 11.1. The van der Waals surface area contributed by atoms with Crippen LogP contribution in [0.5, 0.6) is 28.7 Å². The van der Waals surface area contributed by atoms with Gasteiger partial charge in [-0.2, -0.15) is 0 Å². The maximum atomic E-state index is 12.6. The molecule has 0 fully saturated rings. The Morgan fingerprint density at radius 3 is 1.48 bits per heavy atom. The monoisotopic (exact) mass is 582 g/mol. The molecular weight excluding hydrogens is 528 g/mol. The zero-order valence-electron chi connectivity index (χ0n) is 26.8. The predicted octanol–water partition coefficient (Wildman–Crippen LogP) is 10.1. The molecule has 0 bridgehead atoms. The van der Waals surface area contributed by atoms with Crippen LogP contribution >= 0.6 is 0 Å². The molecule has 2 aromatic rings. The van der Waals surface area contributed by atoms with Crippen LogP contribution in [0.25, 0.3) is 12.2 Å². The van der Waals surface area contributed by atoms with Crippen LogP contribution in [-0.4, -0.2) is 34.4 Å². The van der Waals surface area contributed by atoms with Gasteiger partial charge in [0.05, 0.1) is 28.4 Å². The van der Waals surface area contributed by atoms with E-state index in [1.807, 2.05) is 42.5 Å². The van der Waals surface area contributed by atoms with E-state index in [-0.39, 0.29) is 5.97 Å². The first-order chi connectivity index (χ1) is 20.6. The minimum absolute atomic E-state index is 0.228. The Hall–Kier alpha value is -3.15. The number of unbranched alkanes of at least 4 members (excludes halogenated alkanes) is 14. The molecule has 2 rings (SSSR count). The molecule has 0 aliphatic heterocycles. The zero-order valence-corrected chi connectivity index (χ0v) is 26.8. The molecule has 0 spiro atoms. The second-order valence-corrected chi connectivity index (χ2v) is 10.9. The van der Waals surface area contributed by atoms with Gasteiger partial charge in [0.25, 0.3) is 0 Å². The smallest absolute Gasteiger partial charge is 0.311 e. The van der Waals surface area contributed by atoms with Crippen LogP contribution in [0, 0.1) is 0 Å². The van der Waals surface area contributed by atoms with Gasteiger partial charge in [0.15, 0.2) is 23.0 Å². The summed E-state index contributed by atoms with van der Waals surface area (Å²) in [6, 6.07) is 9.29. The van der Waals surface area contributed by atoms with Crippen molar-refractivity contribution in [2.45, 2.75) is 110 Å². The van der Waals surface area contributed by atoms with Crippen LogP contribution in [0.15, 0.2) is 30.3 Å². The molecule has 0 saturated heterocycles. The van der Waals surface area contributed by atoms with E-state index in [1.54, 1.807) is 28.4 Å². The van der Waals surface area contributed by atoms with Crippen molar-refractivity contribution in [1.29, 1.82) is 0 Å². The quantitative estimate of drug-likeness (QED) is 0.0562. The van der Waals surface area contributed by atoms with E-state index in [9.17, 15) is 4.79 Å². The van der Waals surface area contributed by atoms with Gasteiger partial charge in [0.2, 0.25) is 5.75 Å². The van der Waals surface area contributed by atoms with Gasteiger partial charge in [-0.3, -0.25) is 4.79 Å². The first kappa shape index (κ1) is 35.0. The number of rotatable bonds is 23. The topological polar surface area (TPSA) is 63.2 Å². The summed E-state index contributed by atoms with van der Waals surface area (Å²) < 4.78 is 27.4. The SMILES string of the molecule is CCCCCCCCCCCCCCCCCC(=O)Oc1cc(/C=C\c2cc(OC)c(OC)c(OC)c2)ccc1OC. The molecule has 6 nitrogen and oxygen atoms in total. The molecule has 0 radical (unpaired) electrons. The fourth-order valence-corrected chi connectivity index (χ4v) is 5.08. The third-order valence-electron chi connectivity index (χ3n) is 7.55. The maximum absolute atomic E-state index is 12.6. The first-order valence-electron chi connectivity index (χ1n) is 15.9. The standard InChI is InChI=1S/C36H54O6/c1-6-7-8-9-10-11-12-13-14-15-16-17-18-19-20-21-35(37)42-32-26-29(24-25-31(32)38-2)22-23-30-27-33(39-3)36(41-5)34(28-30)40-4/h22-28H,6-21H2,1-5H3/b23-22-. The lowest BCUT2D eigenvalue weighted by Crippen LogP contribution is -2.08. The second kappa shape index (κ2) is 21.5. The molecule has 2 aromatic carbocycles. The van der Waals surface area contributed by atoms with Crippen LogP contribution in [0.3, 0.4) is 0 Å². The number of esters is 1. The summed E-state index contributed by atoms with van der Waals surface area (Å²) in [5.41, 5.74) is 1.76. The van der Waals surface area contributed by atoms with Gasteiger partial charge >= 0.3 is 5.97 Å². The van der Waals surface area contributed by atoms with Crippen molar-refractivity contribution in [3.8, 4) is 28.7 Å². The molecule has 0 atom stereocenters. The third-order valence-corrected chi connectivity index (χ3v) is 7.55. The molecule has 0 saturated carbocycles. The average Bonchev–Trinajstić information content (AvgIpc) is 3.01. The van der Waals surface area contributed by atoms with Gasteiger partial charge in [-0.05, 0) is 41.8 Å². The van der Waals surface area contributed by atoms with E-state index in [1.165, 1.54) is 83.5 Å². The van der Waals surface area contributed by atoms with Crippen molar-refractivity contribution in [3.05, 3.63) is 41.5 Å². The fourth-order valence-electron chi connectivity index (χ4n) is 5.08.